The molecule has 0 aliphatic carbocycles. The van der Waals surface area contributed by atoms with Crippen molar-refractivity contribution in [3.63, 3.8) is 0 Å². The number of thiophene rings is 1. The van der Waals surface area contributed by atoms with Gasteiger partial charge in [0.15, 0.2) is 5.11 Å². The zero-order chi connectivity index (χ0) is 16.1. The summed E-state index contributed by atoms with van der Waals surface area (Å²) in [7, 11) is 0. The van der Waals surface area contributed by atoms with Gasteiger partial charge in [-0.25, -0.2) is 0 Å². The molecule has 0 spiro atoms. The molecule has 0 fully saturated rings. The minimum Gasteiger partial charge on any atom is -0.355 e. The predicted molar refractivity (Wildman–Crippen MR) is 95.0 cm³/mol. The highest BCUT2D eigenvalue weighted by atomic mass is 32.1. The van der Waals surface area contributed by atoms with Crippen LogP contribution in [0.25, 0.3) is 0 Å². The number of benzene rings is 1. The number of rotatable bonds is 3. The highest BCUT2D eigenvalue weighted by molar-refractivity contribution is 7.80. The molecule has 0 unspecified atom stereocenters. The number of aryl methyl sites for hydroxylation is 1. The maximum atomic E-state index is 12.1. The second-order valence-corrected chi connectivity index (χ2v) is 6.51. The van der Waals surface area contributed by atoms with E-state index >= 15 is 0 Å². The van der Waals surface area contributed by atoms with Gasteiger partial charge in [0.1, 0.15) is 0 Å². The van der Waals surface area contributed by atoms with Gasteiger partial charge in [0.25, 0.3) is 5.91 Å². The van der Waals surface area contributed by atoms with Crippen LogP contribution in [0, 0.1) is 13.8 Å². The molecule has 1 aromatic carbocycles. The molecule has 0 radical (unpaired) electrons. The van der Waals surface area contributed by atoms with Gasteiger partial charge in [0.2, 0.25) is 0 Å². The van der Waals surface area contributed by atoms with Crippen LogP contribution < -0.4 is 16.2 Å². The zero-order valence-electron chi connectivity index (χ0n) is 12.8. The number of amides is 1. The van der Waals surface area contributed by atoms with Gasteiger partial charge in [-0.05, 0) is 44.1 Å². The van der Waals surface area contributed by atoms with Crippen molar-refractivity contribution >= 4 is 34.6 Å². The Balaban J connectivity index is 1.85. The van der Waals surface area contributed by atoms with Gasteiger partial charge >= 0.3 is 0 Å². The Hall–Kier alpha value is -1.92. The van der Waals surface area contributed by atoms with Crippen molar-refractivity contribution in [2.24, 2.45) is 0 Å². The molecular weight excluding hydrogens is 314 g/mol. The Morgan fingerprint density at radius 2 is 1.86 bits per heavy atom. The summed E-state index contributed by atoms with van der Waals surface area (Å²) in [6.45, 7) is 5.95. The molecule has 3 N–H and O–H groups in total. The van der Waals surface area contributed by atoms with E-state index in [9.17, 15) is 4.79 Å². The standard InChI is InChI=1S/C16H19N3OS2/c1-10-12(3)22-9-14(10)15(20)18-19-16(21)17-11(2)13-7-5-4-6-8-13/h4-9,11H,1-3H3,(H,18,20)(H2,17,19,21)/t11-/m0/s1. The molecule has 2 aromatic rings. The Bertz CT molecular complexity index is 667. The first-order valence-corrected chi connectivity index (χ1v) is 8.24. The van der Waals surface area contributed by atoms with E-state index < -0.39 is 0 Å². The van der Waals surface area contributed by atoms with Crippen LogP contribution in [0.4, 0.5) is 0 Å². The Morgan fingerprint density at radius 1 is 1.18 bits per heavy atom. The van der Waals surface area contributed by atoms with Gasteiger partial charge in [-0.3, -0.25) is 15.6 Å². The van der Waals surface area contributed by atoms with Gasteiger partial charge in [-0.15, -0.1) is 11.3 Å². The van der Waals surface area contributed by atoms with E-state index in [1.165, 1.54) is 0 Å². The molecule has 2 rings (SSSR count). The average Bonchev–Trinajstić information content (AvgIpc) is 2.85. The maximum absolute atomic E-state index is 12.1. The molecule has 6 heteroatoms. The smallest absolute Gasteiger partial charge is 0.270 e. The van der Waals surface area contributed by atoms with Gasteiger partial charge in [-0.1, -0.05) is 30.3 Å². The molecule has 1 atom stereocenters. The van der Waals surface area contributed by atoms with Crippen LogP contribution >= 0.6 is 23.6 Å². The first kappa shape index (κ1) is 16.5. The van der Waals surface area contributed by atoms with Crippen LogP contribution in [-0.2, 0) is 0 Å². The lowest BCUT2D eigenvalue weighted by Crippen LogP contribution is -2.47. The fraction of sp³-hybridized carbons (Fsp3) is 0.250. The van der Waals surface area contributed by atoms with Crippen LogP contribution in [0.2, 0.25) is 0 Å². The number of hydrazine groups is 1. The predicted octanol–water partition coefficient (Wildman–Crippen LogP) is 3.24. The SMILES string of the molecule is Cc1scc(C(=O)NNC(=S)N[C@@H](C)c2ccccc2)c1C. The lowest BCUT2D eigenvalue weighted by Gasteiger charge is -2.17. The second kappa shape index (κ2) is 7.38. The van der Waals surface area contributed by atoms with Gasteiger partial charge in [-0.2, -0.15) is 0 Å². The Morgan fingerprint density at radius 3 is 2.45 bits per heavy atom. The van der Waals surface area contributed by atoms with Gasteiger partial charge in [0.05, 0.1) is 11.6 Å². The number of carbonyl (C=O) groups excluding carboxylic acids is 1. The van der Waals surface area contributed by atoms with Crippen molar-refractivity contribution < 1.29 is 4.79 Å². The molecule has 116 valence electrons. The average molecular weight is 333 g/mol. The number of nitrogens with one attached hydrogen (secondary N) is 3. The van der Waals surface area contributed by atoms with Crippen molar-refractivity contribution in [1.29, 1.82) is 0 Å². The fourth-order valence-corrected chi connectivity index (χ4v) is 3.07. The van der Waals surface area contributed by atoms with E-state index in [-0.39, 0.29) is 11.9 Å². The topological polar surface area (TPSA) is 53.2 Å². The summed E-state index contributed by atoms with van der Waals surface area (Å²) in [4.78, 5) is 13.2. The molecule has 0 aliphatic heterocycles. The lowest BCUT2D eigenvalue weighted by atomic mass is 10.1. The second-order valence-electron chi connectivity index (χ2n) is 5.02. The summed E-state index contributed by atoms with van der Waals surface area (Å²) in [5.41, 5.74) is 8.17. The van der Waals surface area contributed by atoms with E-state index in [1.54, 1.807) is 11.3 Å². The molecule has 0 saturated heterocycles. The summed E-state index contributed by atoms with van der Waals surface area (Å²) in [6.07, 6.45) is 0. The molecule has 0 aliphatic rings. The zero-order valence-corrected chi connectivity index (χ0v) is 14.4. The summed E-state index contributed by atoms with van der Waals surface area (Å²) in [5, 5.41) is 5.37. The van der Waals surface area contributed by atoms with Crippen LogP contribution in [-0.4, -0.2) is 11.0 Å². The summed E-state index contributed by atoms with van der Waals surface area (Å²) in [5.74, 6) is -0.182. The number of thiocarbonyl (C=S) groups is 1. The van der Waals surface area contributed by atoms with E-state index in [0.717, 1.165) is 16.0 Å². The van der Waals surface area contributed by atoms with Crippen LogP contribution in [0.1, 0.15) is 39.3 Å². The molecule has 0 saturated carbocycles. The fourth-order valence-electron chi connectivity index (χ4n) is 1.98. The van der Waals surface area contributed by atoms with Crippen molar-refractivity contribution in [2.45, 2.75) is 26.8 Å². The van der Waals surface area contributed by atoms with E-state index in [4.69, 9.17) is 12.2 Å². The van der Waals surface area contributed by atoms with Gasteiger partial charge in [0, 0.05) is 10.3 Å². The first-order valence-electron chi connectivity index (χ1n) is 6.95. The third-order valence-electron chi connectivity index (χ3n) is 3.47. The molecule has 1 heterocycles. The third kappa shape index (κ3) is 4.05. The van der Waals surface area contributed by atoms with Crippen LogP contribution in [0.5, 0.6) is 0 Å². The van der Waals surface area contributed by atoms with E-state index in [0.29, 0.717) is 10.7 Å². The van der Waals surface area contributed by atoms with Crippen LogP contribution in [0.15, 0.2) is 35.7 Å². The quantitative estimate of drug-likeness (QED) is 0.596. The lowest BCUT2D eigenvalue weighted by molar-refractivity contribution is 0.0943. The molecular formula is C16H19N3OS2. The van der Waals surface area contributed by atoms with E-state index in [1.807, 2.05) is 56.5 Å². The number of hydrogen-bond donors (Lipinski definition) is 3. The summed E-state index contributed by atoms with van der Waals surface area (Å²) < 4.78 is 0. The molecule has 1 aromatic heterocycles. The maximum Gasteiger partial charge on any atom is 0.270 e. The summed E-state index contributed by atoms with van der Waals surface area (Å²) >= 11 is 6.77. The molecule has 22 heavy (non-hydrogen) atoms. The molecule has 0 bridgehead atoms. The van der Waals surface area contributed by atoms with Crippen molar-refractivity contribution in [2.75, 3.05) is 0 Å². The monoisotopic (exact) mass is 333 g/mol. The minimum atomic E-state index is -0.182. The normalized spacial score (nSPS) is 11.6. The first-order chi connectivity index (χ1) is 10.5. The largest absolute Gasteiger partial charge is 0.355 e. The van der Waals surface area contributed by atoms with Crippen molar-refractivity contribution in [3.8, 4) is 0 Å². The highest BCUT2D eigenvalue weighted by Crippen LogP contribution is 2.20. The van der Waals surface area contributed by atoms with Gasteiger partial charge < -0.3 is 5.32 Å². The third-order valence-corrected chi connectivity index (χ3v) is 4.70. The molecule has 1 amide bonds. The number of hydrogen-bond acceptors (Lipinski definition) is 3. The Labute approximate surface area is 139 Å². The van der Waals surface area contributed by atoms with E-state index in [2.05, 4.69) is 16.2 Å². The number of carbonyl (C=O) groups is 1. The van der Waals surface area contributed by atoms with Crippen molar-refractivity contribution in [3.05, 3.63) is 57.3 Å². The summed E-state index contributed by atoms with van der Waals surface area (Å²) in [6, 6.07) is 10.0. The highest BCUT2D eigenvalue weighted by Gasteiger charge is 2.13. The van der Waals surface area contributed by atoms with Crippen molar-refractivity contribution in [1.82, 2.24) is 16.2 Å². The minimum absolute atomic E-state index is 0.0585. The Kier molecular flexibility index (Phi) is 5.51. The van der Waals surface area contributed by atoms with Crippen LogP contribution in [0.3, 0.4) is 0 Å². The molecule has 4 nitrogen and oxygen atoms in total.